The number of amides is 2. The van der Waals surface area contributed by atoms with Gasteiger partial charge in [0.2, 0.25) is 5.91 Å². The highest BCUT2D eigenvalue weighted by molar-refractivity contribution is 6.08. The fourth-order valence-electron chi connectivity index (χ4n) is 3.37. The molecule has 146 valence electrons. The quantitative estimate of drug-likeness (QED) is 0.713. The Hall–Kier alpha value is -3.87. The van der Waals surface area contributed by atoms with Crippen LogP contribution >= 0.6 is 0 Å². The first kappa shape index (κ1) is 18.5. The number of carboxylic acids is 1. The Morgan fingerprint density at radius 1 is 1.10 bits per heavy atom. The normalized spacial score (nSPS) is 15.6. The summed E-state index contributed by atoms with van der Waals surface area (Å²) in [5.74, 6) is -1.57. The summed E-state index contributed by atoms with van der Waals surface area (Å²) in [5.41, 5.74) is 1.07. The van der Waals surface area contributed by atoms with Crippen LogP contribution < -0.4 is 15.0 Å². The van der Waals surface area contributed by atoms with Crippen LogP contribution in [0.2, 0.25) is 0 Å². The third kappa shape index (κ3) is 3.50. The summed E-state index contributed by atoms with van der Waals surface area (Å²) in [6, 6.07) is 17.5. The van der Waals surface area contributed by atoms with E-state index in [-0.39, 0.29) is 29.7 Å². The Kier molecular flexibility index (Phi) is 4.64. The Labute approximate surface area is 166 Å². The van der Waals surface area contributed by atoms with Crippen molar-refractivity contribution in [3.05, 3.63) is 66.2 Å². The zero-order chi connectivity index (χ0) is 20.5. The van der Waals surface area contributed by atoms with E-state index in [2.05, 4.69) is 5.32 Å². The number of rotatable bonds is 4. The molecule has 0 aromatic heterocycles. The number of ether oxygens (including phenoxy) is 1. The Balaban J connectivity index is 1.60. The van der Waals surface area contributed by atoms with Crippen LogP contribution in [-0.4, -0.2) is 35.5 Å². The molecular weight excluding hydrogens is 372 g/mol. The van der Waals surface area contributed by atoms with Crippen molar-refractivity contribution < 1.29 is 24.2 Å². The Morgan fingerprint density at radius 3 is 2.66 bits per heavy atom. The molecule has 7 nitrogen and oxygen atoms in total. The first-order valence-electron chi connectivity index (χ1n) is 9.07. The van der Waals surface area contributed by atoms with Gasteiger partial charge in [-0.25, -0.2) is 4.79 Å². The molecule has 29 heavy (non-hydrogen) atoms. The number of nitrogens with zero attached hydrogens (tertiary/aromatic N) is 1. The van der Waals surface area contributed by atoms with Gasteiger partial charge >= 0.3 is 5.97 Å². The maximum Gasteiger partial charge on any atom is 0.335 e. The van der Waals surface area contributed by atoms with E-state index in [1.54, 1.807) is 13.0 Å². The number of nitrogens with one attached hydrogen (secondary N) is 1. The van der Waals surface area contributed by atoms with Crippen molar-refractivity contribution in [3.63, 3.8) is 0 Å². The summed E-state index contributed by atoms with van der Waals surface area (Å²) in [5, 5.41) is 13.9. The summed E-state index contributed by atoms with van der Waals surface area (Å²) in [6.07, 6.45) is -0.822. The number of carbonyl (C=O) groups excluding carboxylic acids is 2. The lowest BCUT2D eigenvalue weighted by molar-refractivity contribution is -0.127. The highest BCUT2D eigenvalue weighted by Gasteiger charge is 2.33. The van der Waals surface area contributed by atoms with E-state index in [0.717, 1.165) is 10.8 Å². The number of hydrogen-bond acceptors (Lipinski definition) is 4. The number of hydrogen-bond donors (Lipinski definition) is 2. The minimum absolute atomic E-state index is 0.0467. The predicted octanol–water partition coefficient (Wildman–Crippen LogP) is 3.29. The van der Waals surface area contributed by atoms with Gasteiger partial charge in [0.15, 0.2) is 6.10 Å². The molecule has 3 aromatic rings. The first-order chi connectivity index (χ1) is 13.9. The van der Waals surface area contributed by atoms with E-state index in [9.17, 15) is 14.4 Å². The zero-order valence-electron chi connectivity index (χ0n) is 15.6. The third-order valence-electron chi connectivity index (χ3n) is 4.78. The maximum absolute atomic E-state index is 12.7. The van der Waals surface area contributed by atoms with Crippen LogP contribution in [0.25, 0.3) is 10.8 Å². The third-order valence-corrected chi connectivity index (χ3v) is 4.78. The van der Waals surface area contributed by atoms with Crippen LogP contribution in [0.1, 0.15) is 17.3 Å². The van der Waals surface area contributed by atoms with Crippen molar-refractivity contribution in [3.8, 4) is 5.75 Å². The molecule has 0 saturated heterocycles. The van der Waals surface area contributed by atoms with E-state index in [0.29, 0.717) is 11.4 Å². The van der Waals surface area contributed by atoms with Gasteiger partial charge in [-0.05, 0) is 36.6 Å². The predicted molar refractivity (Wildman–Crippen MR) is 108 cm³/mol. The van der Waals surface area contributed by atoms with Gasteiger partial charge in [-0.1, -0.05) is 36.4 Å². The fourth-order valence-corrected chi connectivity index (χ4v) is 3.37. The second-order valence-electron chi connectivity index (χ2n) is 6.75. The standard InChI is InChI=1S/C22H18N2O5/c1-13-21(26)24(18-10-9-15(22(27)28)11-19(18)29-13)12-20(25)23-17-8-4-6-14-5-2-3-7-16(14)17/h2-11,13H,12H2,1H3,(H,23,25)(H,27,28). The molecule has 2 amide bonds. The van der Waals surface area contributed by atoms with E-state index >= 15 is 0 Å². The molecule has 1 heterocycles. The monoisotopic (exact) mass is 390 g/mol. The van der Waals surface area contributed by atoms with Crippen LogP contribution in [-0.2, 0) is 9.59 Å². The molecule has 7 heteroatoms. The van der Waals surface area contributed by atoms with Crippen LogP contribution in [0, 0.1) is 0 Å². The first-order valence-corrected chi connectivity index (χ1v) is 9.07. The lowest BCUT2D eigenvalue weighted by Gasteiger charge is -2.32. The Bertz CT molecular complexity index is 1140. The smallest absolute Gasteiger partial charge is 0.335 e. The average Bonchev–Trinajstić information content (AvgIpc) is 2.71. The number of anilines is 2. The van der Waals surface area contributed by atoms with E-state index in [4.69, 9.17) is 9.84 Å². The SMILES string of the molecule is CC1Oc2cc(C(=O)O)ccc2N(CC(=O)Nc2cccc3ccccc23)C1=O. The minimum atomic E-state index is -1.10. The minimum Gasteiger partial charge on any atom is -0.479 e. The molecule has 0 bridgehead atoms. The van der Waals surface area contributed by atoms with Gasteiger partial charge in [-0.3, -0.25) is 14.5 Å². The molecule has 2 N–H and O–H groups in total. The average molecular weight is 390 g/mol. The second kappa shape index (κ2) is 7.27. The lowest BCUT2D eigenvalue weighted by atomic mass is 10.1. The van der Waals surface area contributed by atoms with Crippen molar-refractivity contribution in [1.82, 2.24) is 0 Å². The molecule has 0 aliphatic carbocycles. The molecule has 1 aliphatic rings. The maximum atomic E-state index is 12.7. The van der Waals surface area contributed by atoms with Crippen molar-refractivity contribution in [2.75, 3.05) is 16.8 Å². The van der Waals surface area contributed by atoms with Crippen LogP contribution in [0.5, 0.6) is 5.75 Å². The van der Waals surface area contributed by atoms with Gasteiger partial charge in [-0.2, -0.15) is 0 Å². The largest absolute Gasteiger partial charge is 0.479 e. The summed E-state index contributed by atoms with van der Waals surface area (Å²) >= 11 is 0. The molecule has 3 aromatic carbocycles. The molecule has 0 spiro atoms. The summed E-state index contributed by atoms with van der Waals surface area (Å²) in [6.45, 7) is 1.35. The van der Waals surface area contributed by atoms with Gasteiger partial charge in [-0.15, -0.1) is 0 Å². The number of carboxylic acid groups (broad SMARTS) is 1. The molecule has 0 radical (unpaired) electrons. The lowest BCUT2D eigenvalue weighted by Crippen LogP contribution is -2.47. The van der Waals surface area contributed by atoms with Gasteiger partial charge in [0, 0.05) is 11.1 Å². The molecule has 1 unspecified atom stereocenters. The van der Waals surface area contributed by atoms with Crippen molar-refractivity contribution >= 4 is 39.9 Å². The highest BCUT2D eigenvalue weighted by Crippen LogP contribution is 2.35. The van der Waals surface area contributed by atoms with Crippen molar-refractivity contribution in [1.29, 1.82) is 0 Å². The molecule has 0 saturated carbocycles. The molecule has 0 fully saturated rings. The summed E-state index contributed by atoms with van der Waals surface area (Å²) < 4.78 is 5.54. The zero-order valence-corrected chi connectivity index (χ0v) is 15.6. The van der Waals surface area contributed by atoms with Crippen molar-refractivity contribution in [2.24, 2.45) is 0 Å². The number of carbonyl (C=O) groups is 3. The molecule has 4 rings (SSSR count). The molecule has 1 aliphatic heterocycles. The van der Waals surface area contributed by atoms with E-state index in [1.165, 1.54) is 23.1 Å². The van der Waals surface area contributed by atoms with Gasteiger partial charge < -0.3 is 15.2 Å². The molecule has 1 atom stereocenters. The summed E-state index contributed by atoms with van der Waals surface area (Å²) in [4.78, 5) is 37.9. The van der Waals surface area contributed by atoms with Gasteiger partial charge in [0.25, 0.3) is 5.91 Å². The van der Waals surface area contributed by atoms with Crippen LogP contribution in [0.4, 0.5) is 11.4 Å². The van der Waals surface area contributed by atoms with Crippen LogP contribution in [0.3, 0.4) is 0 Å². The number of fused-ring (bicyclic) bond motifs is 2. The van der Waals surface area contributed by atoms with Crippen LogP contribution in [0.15, 0.2) is 60.7 Å². The Morgan fingerprint density at radius 2 is 1.86 bits per heavy atom. The topological polar surface area (TPSA) is 95.9 Å². The fraction of sp³-hybridized carbons (Fsp3) is 0.136. The van der Waals surface area contributed by atoms with Gasteiger partial charge in [0.05, 0.1) is 11.3 Å². The molecular formula is C22H18N2O5. The van der Waals surface area contributed by atoms with E-state index < -0.39 is 12.1 Å². The second-order valence-corrected chi connectivity index (χ2v) is 6.75. The van der Waals surface area contributed by atoms with Crippen molar-refractivity contribution in [2.45, 2.75) is 13.0 Å². The number of benzene rings is 3. The summed E-state index contributed by atoms with van der Waals surface area (Å²) in [7, 11) is 0. The highest BCUT2D eigenvalue weighted by atomic mass is 16.5. The number of aromatic carboxylic acids is 1. The van der Waals surface area contributed by atoms with E-state index in [1.807, 2.05) is 36.4 Å². The van der Waals surface area contributed by atoms with Gasteiger partial charge in [0.1, 0.15) is 12.3 Å².